The van der Waals surface area contributed by atoms with Gasteiger partial charge in [0, 0.05) is 0 Å². The van der Waals surface area contributed by atoms with Gasteiger partial charge in [-0.05, 0) is 46.4 Å². The third-order valence-electron chi connectivity index (χ3n) is 4.53. The molecule has 1 aliphatic heterocycles. The van der Waals surface area contributed by atoms with E-state index in [9.17, 15) is 9.59 Å². The Balaban J connectivity index is 0.000000752. The number of benzene rings is 2. The average molecular weight is 401 g/mol. The average Bonchev–Trinajstić information content (AvgIpc) is 2.99. The van der Waals surface area contributed by atoms with E-state index in [0.717, 1.165) is 21.9 Å². The fourth-order valence-electron chi connectivity index (χ4n) is 3.00. The first-order chi connectivity index (χ1) is 13.7. The molecule has 0 fully saturated rings. The summed E-state index contributed by atoms with van der Waals surface area (Å²) in [6.45, 7) is 20.7. The van der Waals surface area contributed by atoms with Gasteiger partial charge in [0.2, 0.25) is 0 Å². The second-order valence-corrected chi connectivity index (χ2v) is 7.66. The van der Waals surface area contributed by atoms with Gasteiger partial charge < -0.3 is 4.74 Å². The van der Waals surface area contributed by atoms with Gasteiger partial charge in [0.05, 0.1) is 11.1 Å². The largest absolute Gasteiger partial charge is 0.386 e. The Morgan fingerprint density at radius 1 is 0.828 bits per heavy atom. The number of carbonyl (C=O) groups excluding carboxylic acids is 2. The van der Waals surface area contributed by atoms with Gasteiger partial charge >= 0.3 is 11.9 Å². The Bertz CT molecular complexity index is 809. The molecule has 3 rings (SSSR count). The minimum atomic E-state index is -0.545. The molecule has 0 N–H and O–H groups in total. The van der Waals surface area contributed by atoms with E-state index >= 15 is 0 Å². The number of rotatable bonds is 2. The van der Waals surface area contributed by atoms with Gasteiger partial charge in [-0.2, -0.15) is 0 Å². The van der Waals surface area contributed by atoms with Crippen molar-refractivity contribution in [2.24, 2.45) is 0 Å². The van der Waals surface area contributed by atoms with E-state index in [1.54, 1.807) is 6.07 Å². The topological polar surface area (TPSA) is 43.4 Å². The molecule has 0 saturated heterocycles. The van der Waals surface area contributed by atoms with Crippen molar-refractivity contribution >= 4 is 22.7 Å². The lowest BCUT2D eigenvalue weighted by atomic mass is 9.84. The van der Waals surface area contributed by atoms with Crippen molar-refractivity contribution in [1.82, 2.24) is 0 Å². The van der Waals surface area contributed by atoms with Crippen molar-refractivity contribution in [3.8, 4) is 0 Å². The number of hydrogen-bond donors (Lipinski definition) is 0. The zero-order valence-corrected chi connectivity index (χ0v) is 20.2. The highest BCUT2D eigenvalue weighted by Gasteiger charge is 2.32. The third kappa shape index (κ3) is 6.69. The Morgan fingerprint density at radius 2 is 1.38 bits per heavy atom. The minimum Gasteiger partial charge on any atom is -0.386 e. The number of unbranched alkanes of at least 4 members (excludes halogenated alkanes) is 2. The maximum Gasteiger partial charge on any atom is 0.347 e. The second-order valence-electron chi connectivity index (χ2n) is 7.66. The number of fused-ring (bicyclic) bond motifs is 3. The molecular formula is C26H40O3. The van der Waals surface area contributed by atoms with Crippen LogP contribution in [0.5, 0.6) is 0 Å². The number of ether oxygens (including phenoxy) is 1. The summed E-state index contributed by atoms with van der Waals surface area (Å²) in [5, 5.41) is 1.80. The number of hydrogen-bond acceptors (Lipinski definition) is 3. The monoisotopic (exact) mass is 400 g/mol. The van der Waals surface area contributed by atoms with Crippen LogP contribution in [0.1, 0.15) is 113 Å². The van der Waals surface area contributed by atoms with Crippen LogP contribution in [0, 0.1) is 6.92 Å². The highest BCUT2D eigenvalue weighted by Crippen LogP contribution is 2.34. The van der Waals surface area contributed by atoms with E-state index in [2.05, 4.69) is 40.7 Å². The Morgan fingerprint density at radius 3 is 1.83 bits per heavy atom. The van der Waals surface area contributed by atoms with Crippen molar-refractivity contribution in [2.75, 3.05) is 0 Å². The summed E-state index contributed by atoms with van der Waals surface area (Å²) in [4.78, 5) is 23.6. The standard InChI is InChI=1S/C17H16O3.C5H12.2C2H6/c1-9-7-13-14(16(19)20-15(13)18)12-8-10(17(2,3)4)5-6-11(9)12;1-3-5-4-2;2*1-2/h5-8H,1-4H3;3-5H2,1-2H3;2*1-2H3. The SMILES string of the molecule is CC.CC.CCCCC.Cc1cc2c(c3cc(C(C)(C)C)ccc13)C(=O)OC2=O. The zero-order chi connectivity index (χ0) is 22.8. The maximum atomic E-state index is 11.9. The first-order valence-electron chi connectivity index (χ1n) is 11.0. The van der Waals surface area contributed by atoms with Crippen LogP contribution in [0.2, 0.25) is 0 Å². The Labute approximate surface area is 177 Å². The third-order valence-corrected chi connectivity index (χ3v) is 4.53. The van der Waals surface area contributed by atoms with Gasteiger partial charge in [0.25, 0.3) is 0 Å². The summed E-state index contributed by atoms with van der Waals surface area (Å²) >= 11 is 0. The van der Waals surface area contributed by atoms with Crippen LogP contribution in [0.3, 0.4) is 0 Å². The number of esters is 2. The molecule has 0 spiro atoms. The summed E-state index contributed by atoms with van der Waals surface area (Å²) in [6.07, 6.45) is 4.08. The van der Waals surface area contributed by atoms with Gasteiger partial charge in [-0.15, -0.1) is 0 Å². The van der Waals surface area contributed by atoms with Crippen molar-refractivity contribution < 1.29 is 14.3 Å². The molecule has 3 heteroatoms. The molecule has 2 aromatic rings. The molecule has 0 atom stereocenters. The van der Waals surface area contributed by atoms with Gasteiger partial charge in [-0.1, -0.05) is 93.7 Å². The van der Waals surface area contributed by atoms with Crippen LogP contribution >= 0.6 is 0 Å². The Hall–Kier alpha value is -2.16. The fourth-order valence-corrected chi connectivity index (χ4v) is 3.00. The van der Waals surface area contributed by atoms with E-state index in [1.807, 2.05) is 46.8 Å². The van der Waals surface area contributed by atoms with Gasteiger partial charge in [-0.25, -0.2) is 9.59 Å². The molecule has 1 heterocycles. The van der Waals surface area contributed by atoms with Crippen LogP contribution in [0.4, 0.5) is 0 Å². The normalized spacial score (nSPS) is 11.9. The quantitative estimate of drug-likeness (QED) is 0.379. The minimum absolute atomic E-state index is 0.0165. The fraction of sp³-hybridized carbons (Fsp3) is 0.538. The highest BCUT2D eigenvalue weighted by atomic mass is 16.6. The van der Waals surface area contributed by atoms with Crippen LogP contribution in [-0.2, 0) is 10.2 Å². The summed E-state index contributed by atoms with van der Waals surface area (Å²) in [7, 11) is 0. The molecule has 29 heavy (non-hydrogen) atoms. The molecular weight excluding hydrogens is 360 g/mol. The highest BCUT2D eigenvalue weighted by molar-refractivity contribution is 6.21. The van der Waals surface area contributed by atoms with E-state index in [0.29, 0.717) is 11.1 Å². The number of carbonyl (C=O) groups is 2. The van der Waals surface area contributed by atoms with E-state index in [-0.39, 0.29) is 5.41 Å². The van der Waals surface area contributed by atoms with Crippen LogP contribution in [-0.4, -0.2) is 11.9 Å². The molecule has 0 amide bonds. The van der Waals surface area contributed by atoms with Crippen molar-refractivity contribution in [1.29, 1.82) is 0 Å². The molecule has 3 nitrogen and oxygen atoms in total. The molecule has 0 saturated carbocycles. The lowest BCUT2D eigenvalue weighted by Crippen LogP contribution is -2.11. The van der Waals surface area contributed by atoms with Crippen molar-refractivity contribution in [3.63, 3.8) is 0 Å². The maximum absolute atomic E-state index is 11.9. The zero-order valence-electron chi connectivity index (χ0n) is 20.2. The molecule has 2 aromatic carbocycles. The van der Waals surface area contributed by atoms with E-state index in [1.165, 1.54) is 19.3 Å². The van der Waals surface area contributed by atoms with Crippen molar-refractivity contribution in [2.45, 2.75) is 93.9 Å². The molecule has 0 aliphatic carbocycles. The van der Waals surface area contributed by atoms with E-state index in [4.69, 9.17) is 4.74 Å². The van der Waals surface area contributed by atoms with Crippen LogP contribution in [0.25, 0.3) is 10.8 Å². The number of aryl methyl sites for hydroxylation is 1. The predicted molar refractivity (Wildman–Crippen MR) is 125 cm³/mol. The van der Waals surface area contributed by atoms with Gasteiger partial charge in [0.15, 0.2) is 0 Å². The van der Waals surface area contributed by atoms with Crippen molar-refractivity contribution in [3.05, 3.63) is 46.5 Å². The smallest absolute Gasteiger partial charge is 0.347 e. The second kappa shape index (κ2) is 12.4. The molecule has 0 aromatic heterocycles. The van der Waals surface area contributed by atoms with Gasteiger partial charge in [-0.3, -0.25) is 0 Å². The molecule has 0 radical (unpaired) electrons. The summed E-state index contributed by atoms with van der Waals surface area (Å²) < 4.78 is 4.74. The predicted octanol–water partition coefficient (Wildman–Crippen LogP) is 8.01. The van der Waals surface area contributed by atoms with Crippen LogP contribution in [0.15, 0.2) is 24.3 Å². The first kappa shape index (κ1) is 26.8. The summed E-state index contributed by atoms with van der Waals surface area (Å²) in [5.41, 5.74) is 2.88. The number of cyclic esters (lactones) is 2. The van der Waals surface area contributed by atoms with Crippen LogP contribution < -0.4 is 0 Å². The molecule has 162 valence electrons. The lowest BCUT2D eigenvalue weighted by molar-refractivity contribution is 0.0444. The Kier molecular flexibility index (Phi) is 11.5. The first-order valence-corrected chi connectivity index (χ1v) is 11.0. The molecule has 0 unspecified atom stereocenters. The molecule has 0 bridgehead atoms. The lowest BCUT2D eigenvalue weighted by Gasteiger charge is -2.20. The summed E-state index contributed by atoms with van der Waals surface area (Å²) in [6, 6.07) is 7.83. The van der Waals surface area contributed by atoms with Gasteiger partial charge in [0.1, 0.15) is 0 Å². The van der Waals surface area contributed by atoms with E-state index < -0.39 is 11.9 Å². The molecule has 1 aliphatic rings. The summed E-state index contributed by atoms with van der Waals surface area (Å²) in [5.74, 6) is -1.09.